The van der Waals surface area contributed by atoms with Crippen LogP contribution in [0.1, 0.15) is 0 Å². The Morgan fingerprint density at radius 3 is 2.62 bits per heavy atom. The molecule has 1 aromatic rings. The van der Waals surface area contributed by atoms with Crippen LogP contribution in [0.3, 0.4) is 0 Å². The van der Waals surface area contributed by atoms with Crippen molar-refractivity contribution in [1.82, 2.24) is 10.2 Å². The third-order valence-electron chi connectivity index (χ3n) is 0.940. The molecule has 0 aliphatic heterocycles. The average Bonchev–Trinajstić information content (AvgIpc) is 2.65. The number of hydrogen-bond donors (Lipinski definition) is 1. The zero-order chi connectivity index (χ0) is 12.1. The summed E-state index contributed by atoms with van der Waals surface area (Å²) in [6.45, 7) is 3.21. The summed E-state index contributed by atoms with van der Waals surface area (Å²) in [5.41, 5.74) is 0. The molecule has 1 N–H and O–H groups in total. The van der Waals surface area contributed by atoms with E-state index in [9.17, 15) is 12.6 Å². The third-order valence-corrected chi connectivity index (χ3v) is 4.22. The van der Waals surface area contributed by atoms with Gasteiger partial charge in [-0.3, -0.25) is 4.55 Å². The summed E-state index contributed by atoms with van der Waals surface area (Å²) in [7, 11) is 0. The standard InChI is InChI=1S/C4H4N2O6S4/c1-2-14(7)11-3-5-6-4(13-3)15(8)12-16(9)10/h2H,1H2,(H,9,10). The van der Waals surface area contributed by atoms with E-state index in [1.165, 1.54) is 0 Å². The van der Waals surface area contributed by atoms with Gasteiger partial charge in [-0.1, -0.05) is 11.7 Å². The second-order valence-electron chi connectivity index (χ2n) is 1.86. The molecule has 0 aliphatic carbocycles. The lowest BCUT2D eigenvalue weighted by atomic mass is 11.3. The first kappa shape index (κ1) is 13.5. The van der Waals surface area contributed by atoms with Crippen molar-refractivity contribution in [3.63, 3.8) is 0 Å². The van der Waals surface area contributed by atoms with Gasteiger partial charge in [-0.2, -0.15) is 7.84 Å². The molecule has 3 atom stereocenters. The molecule has 0 aromatic carbocycles. The minimum Gasteiger partial charge on any atom is -0.365 e. The topological polar surface area (TPSA) is 116 Å². The van der Waals surface area contributed by atoms with Gasteiger partial charge >= 0.3 is 16.6 Å². The summed E-state index contributed by atoms with van der Waals surface area (Å²) < 4.78 is 49.0. The smallest absolute Gasteiger partial charge is 0.316 e. The van der Waals surface area contributed by atoms with Gasteiger partial charge in [0.1, 0.15) is 0 Å². The molecule has 16 heavy (non-hydrogen) atoms. The highest BCUT2D eigenvalue weighted by atomic mass is 32.3. The van der Waals surface area contributed by atoms with Crippen LogP contribution in [0.4, 0.5) is 0 Å². The quantitative estimate of drug-likeness (QED) is 0.724. The van der Waals surface area contributed by atoms with E-state index in [0.29, 0.717) is 11.3 Å². The lowest BCUT2D eigenvalue weighted by molar-refractivity contribution is 0.470. The Bertz CT molecular complexity index is 457. The summed E-state index contributed by atoms with van der Waals surface area (Å²) in [5.74, 6) is 0. The van der Waals surface area contributed by atoms with Crippen LogP contribution in [0.25, 0.3) is 0 Å². The maximum Gasteiger partial charge on any atom is 0.316 e. The summed E-state index contributed by atoms with van der Waals surface area (Å²) >= 11 is -5.99. The Balaban J connectivity index is 2.71. The minimum atomic E-state index is -2.68. The van der Waals surface area contributed by atoms with Gasteiger partial charge < -0.3 is 4.18 Å². The molecule has 0 aliphatic rings. The van der Waals surface area contributed by atoms with Crippen molar-refractivity contribution >= 4 is 44.9 Å². The Morgan fingerprint density at radius 1 is 1.38 bits per heavy atom. The van der Waals surface area contributed by atoms with Crippen molar-refractivity contribution in [1.29, 1.82) is 0 Å². The number of rotatable bonds is 6. The highest BCUT2D eigenvalue weighted by molar-refractivity contribution is 7.92. The van der Waals surface area contributed by atoms with Gasteiger partial charge in [0.25, 0.3) is 0 Å². The van der Waals surface area contributed by atoms with E-state index >= 15 is 0 Å². The largest absolute Gasteiger partial charge is 0.365 e. The Morgan fingerprint density at radius 2 is 2.06 bits per heavy atom. The fourth-order valence-corrected chi connectivity index (χ4v) is 2.88. The molecule has 90 valence electrons. The van der Waals surface area contributed by atoms with Gasteiger partial charge in [-0.25, -0.2) is 8.42 Å². The molecule has 1 rings (SSSR count). The SMILES string of the molecule is C=CS(=O)Oc1nnc(S(=O)OS(=O)O)s1. The maximum absolute atomic E-state index is 11.1. The van der Waals surface area contributed by atoms with Crippen molar-refractivity contribution in [2.75, 3.05) is 0 Å². The predicted molar refractivity (Wildman–Crippen MR) is 57.1 cm³/mol. The second-order valence-corrected chi connectivity index (χ2v) is 5.92. The van der Waals surface area contributed by atoms with Gasteiger partial charge in [0.2, 0.25) is 26.5 Å². The molecule has 8 nitrogen and oxygen atoms in total. The lowest BCUT2D eigenvalue weighted by Gasteiger charge is -1.92. The van der Waals surface area contributed by atoms with Crippen molar-refractivity contribution in [3.8, 4) is 5.19 Å². The summed E-state index contributed by atoms with van der Waals surface area (Å²) in [5, 5.41) is 7.65. The molecule has 0 fully saturated rings. The predicted octanol–water partition coefficient (Wildman–Crippen LogP) is -0.1000. The first-order valence-electron chi connectivity index (χ1n) is 3.29. The van der Waals surface area contributed by atoms with Gasteiger partial charge in [-0.05, 0) is 11.3 Å². The summed E-state index contributed by atoms with van der Waals surface area (Å²) in [6, 6.07) is 0. The molecular weight excluding hydrogens is 300 g/mol. The number of aromatic nitrogens is 2. The average molecular weight is 304 g/mol. The van der Waals surface area contributed by atoms with Gasteiger partial charge in [0.05, 0.1) is 0 Å². The first-order chi connectivity index (χ1) is 7.52. The van der Waals surface area contributed by atoms with Crippen molar-refractivity contribution in [3.05, 3.63) is 12.0 Å². The molecule has 0 radical (unpaired) electrons. The van der Waals surface area contributed by atoms with E-state index in [-0.39, 0.29) is 9.53 Å². The summed E-state index contributed by atoms with van der Waals surface area (Å²) in [6.07, 6.45) is 0. The van der Waals surface area contributed by atoms with E-state index < -0.39 is 33.5 Å². The van der Waals surface area contributed by atoms with Crippen molar-refractivity contribution in [2.45, 2.75) is 4.34 Å². The zero-order valence-corrected chi connectivity index (χ0v) is 10.6. The molecule has 1 heterocycles. The van der Waals surface area contributed by atoms with E-state index in [0.717, 1.165) is 5.41 Å². The minimum absolute atomic E-state index is 0.117. The maximum atomic E-state index is 11.1. The van der Waals surface area contributed by atoms with E-state index in [1.807, 2.05) is 0 Å². The fraction of sp³-hybridized carbons (Fsp3) is 0. The van der Waals surface area contributed by atoms with Crippen LogP contribution >= 0.6 is 11.3 Å². The Hall–Kier alpha value is -0.530. The Kier molecular flexibility index (Phi) is 5.30. The molecule has 12 heteroatoms. The Labute approximate surface area is 101 Å². The highest BCUT2D eigenvalue weighted by Crippen LogP contribution is 2.22. The monoisotopic (exact) mass is 304 g/mol. The highest BCUT2D eigenvalue weighted by Gasteiger charge is 2.16. The van der Waals surface area contributed by atoms with Crippen LogP contribution < -0.4 is 4.18 Å². The van der Waals surface area contributed by atoms with Crippen LogP contribution in [0.15, 0.2) is 16.3 Å². The molecule has 0 amide bonds. The molecule has 0 spiro atoms. The van der Waals surface area contributed by atoms with Crippen LogP contribution in [-0.4, -0.2) is 27.4 Å². The number of nitrogens with zero attached hydrogens (tertiary/aromatic N) is 2. The van der Waals surface area contributed by atoms with Crippen LogP contribution in [0.2, 0.25) is 0 Å². The fourth-order valence-electron chi connectivity index (χ4n) is 0.484. The van der Waals surface area contributed by atoms with E-state index in [2.05, 4.69) is 24.6 Å². The third kappa shape index (κ3) is 4.15. The van der Waals surface area contributed by atoms with Gasteiger partial charge in [0, 0.05) is 5.41 Å². The van der Waals surface area contributed by atoms with Crippen LogP contribution in [-0.2, 0) is 37.2 Å². The van der Waals surface area contributed by atoms with Crippen LogP contribution in [0.5, 0.6) is 5.19 Å². The van der Waals surface area contributed by atoms with Crippen molar-refractivity contribution in [2.24, 2.45) is 0 Å². The molecule has 0 bridgehead atoms. The lowest BCUT2D eigenvalue weighted by Crippen LogP contribution is -1.99. The van der Waals surface area contributed by atoms with Crippen molar-refractivity contribution < 1.29 is 25.0 Å². The van der Waals surface area contributed by atoms with E-state index in [4.69, 9.17) is 4.55 Å². The zero-order valence-electron chi connectivity index (χ0n) is 7.30. The molecule has 0 saturated carbocycles. The van der Waals surface area contributed by atoms with Crippen LogP contribution in [0, 0.1) is 0 Å². The van der Waals surface area contributed by atoms with Gasteiger partial charge in [-0.15, -0.1) is 5.10 Å². The molecule has 0 saturated heterocycles. The molecule has 3 unspecified atom stereocenters. The van der Waals surface area contributed by atoms with E-state index in [1.54, 1.807) is 0 Å². The summed E-state index contributed by atoms with van der Waals surface area (Å²) in [4.78, 5) is 0. The second kappa shape index (κ2) is 6.27. The number of hydrogen-bond acceptors (Lipinski definition) is 8. The normalized spacial score (nSPS) is 16.3. The van der Waals surface area contributed by atoms with Gasteiger partial charge in [0.15, 0.2) is 0 Å². The molecule has 1 aromatic heterocycles. The first-order valence-corrected chi connectivity index (χ1v) is 7.35. The molecular formula is C4H4N2O6S4.